The minimum atomic E-state index is -4.79. The van der Waals surface area contributed by atoms with E-state index in [9.17, 15) is 13.2 Å². The second-order valence-corrected chi connectivity index (χ2v) is 4.98. The Morgan fingerprint density at radius 3 is 2.57 bits per heavy atom. The van der Waals surface area contributed by atoms with Gasteiger partial charge in [-0.15, -0.1) is 13.2 Å². The van der Waals surface area contributed by atoms with Crippen molar-refractivity contribution in [1.82, 2.24) is 9.97 Å². The Morgan fingerprint density at radius 2 is 1.95 bits per heavy atom. The van der Waals surface area contributed by atoms with Crippen molar-refractivity contribution < 1.29 is 17.9 Å². The van der Waals surface area contributed by atoms with Crippen LogP contribution in [0.15, 0.2) is 28.7 Å². The van der Waals surface area contributed by atoms with Crippen LogP contribution < -0.4 is 15.8 Å². The summed E-state index contributed by atoms with van der Waals surface area (Å²) in [7, 11) is 0. The zero-order chi connectivity index (χ0) is 15.6. The third-order valence-electron chi connectivity index (χ3n) is 2.30. The summed E-state index contributed by atoms with van der Waals surface area (Å²) in [6.45, 7) is 1.69. The van der Waals surface area contributed by atoms with Crippen LogP contribution >= 0.6 is 15.9 Å². The first-order valence-corrected chi connectivity index (χ1v) is 6.46. The van der Waals surface area contributed by atoms with Crippen LogP contribution in [0.4, 0.5) is 30.6 Å². The third-order valence-corrected chi connectivity index (χ3v) is 2.80. The zero-order valence-corrected chi connectivity index (χ0v) is 12.3. The maximum atomic E-state index is 12.4. The van der Waals surface area contributed by atoms with Crippen molar-refractivity contribution >= 4 is 33.4 Å². The molecule has 9 heteroatoms. The first kappa shape index (κ1) is 15.4. The largest absolute Gasteiger partial charge is 0.573 e. The first-order valence-electron chi connectivity index (χ1n) is 5.66. The second-order valence-electron chi connectivity index (χ2n) is 4.07. The minimum absolute atomic E-state index is 0.0212. The zero-order valence-electron chi connectivity index (χ0n) is 10.7. The maximum Gasteiger partial charge on any atom is 0.573 e. The average Bonchev–Trinajstić information content (AvgIpc) is 2.29. The Labute approximate surface area is 126 Å². The van der Waals surface area contributed by atoms with Crippen molar-refractivity contribution in [3.63, 3.8) is 0 Å². The van der Waals surface area contributed by atoms with Gasteiger partial charge in [-0.3, -0.25) is 0 Å². The summed E-state index contributed by atoms with van der Waals surface area (Å²) in [5, 5.41) is 2.73. The van der Waals surface area contributed by atoms with Crippen molar-refractivity contribution in [2.24, 2.45) is 0 Å². The average molecular weight is 363 g/mol. The van der Waals surface area contributed by atoms with Gasteiger partial charge < -0.3 is 15.8 Å². The van der Waals surface area contributed by atoms with Gasteiger partial charge in [-0.05, 0) is 25.1 Å². The lowest BCUT2D eigenvalue weighted by Crippen LogP contribution is -2.18. The molecule has 3 N–H and O–H groups in total. The number of aryl methyl sites for hydroxylation is 1. The summed E-state index contributed by atoms with van der Waals surface area (Å²) in [5.41, 5.74) is 6.18. The fourth-order valence-corrected chi connectivity index (χ4v) is 1.94. The van der Waals surface area contributed by atoms with Gasteiger partial charge in [-0.1, -0.05) is 15.9 Å². The molecule has 112 valence electrons. The molecule has 1 heterocycles. The number of nitrogens with two attached hydrogens (primary N) is 1. The number of nitrogens with one attached hydrogen (secondary N) is 1. The summed E-state index contributed by atoms with van der Waals surface area (Å²) in [4.78, 5) is 7.78. The second kappa shape index (κ2) is 5.76. The number of nitrogen functional groups attached to an aromatic ring is 1. The highest BCUT2D eigenvalue weighted by atomic mass is 79.9. The molecule has 0 aliphatic heterocycles. The molecular formula is C12H10BrF3N4O. The molecule has 1 aromatic carbocycles. The molecule has 0 saturated heterocycles. The molecule has 1 aromatic heterocycles. The van der Waals surface area contributed by atoms with Crippen LogP contribution in [-0.2, 0) is 0 Å². The van der Waals surface area contributed by atoms with Crippen molar-refractivity contribution in [2.45, 2.75) is 13.3 Å². The molecule has 21 heavy (non-hydrogen) atoms. The van der Waals surface area contributed by atoms with Gasteiger partial charge in [0.25, 0.3) is 0 Å². The quantitative estimate of drug-likeness (QED) is 0.869. The summed E-state index contributed by atoms with van der Waals surface area (Å²) >= 11 is 3.09. The van der Waals surface area contributed by atoms with E-state index in [0.29, 0.717) is 10.2 Å². The topological polar surface area (TPSA) is 73.1 Å². The van der Waals surface area contributed by atoms with Crippen molar-refractivity contribution in [1.29, 1.82) is 0 Å². The molecule has 0 unspecified atom stereocenters. The Balaban J connectivity index is 2.34. The van der Waals surface area contributed by atoms with Gasteiger partial charge in [0.1, 0.15) is 5.82 Å². The van der Waals surface area contributed by atoms with Gasteiger partial charge in [-0.2, -0.15) is 4.98 Å². The lowest BCUT2D eigenvalue weighted by Gasteiger charge is -2.15. The monoisotopic (exact) mass is 362 g/mol. The van der Waals surface area contributed by atoms with Crippen molar-refractivity contribution in [2.75, 3.05) is 11.1 Å². The molecule has 0 saturated carbocycles. The standard InChI is InChI=1S/C12H10BrF3N4O/c1-6-4-10(20-11(17)18-6)19-8-3-2-7(13)5-9(8)21-12(14,15)16/h2-5H,1H3,(H3,17,18,19,20). The first-order chi connectivity index (χ1) is 9.73. The molecule has 2 aromatic rings. The predicted molar refractivity (Wildman–Crippen MR) is 75.3 cm³/mol. The van der Waals surface area contributed by atoms with Gasteiger partial charge >= 0.3 is 6.36 Å². The van der Waals surface area contributed by atoms with E-state index in [-0.39, 0.29) is 23.2 Å². The van der Waals surface area contributed by atoms with Crippen LogP contribution in [-0.4, -0.2) is 16.3 Å². The van der Waals surface area contributed by atoms with Crippen LogP contribution in [0, 0.1) is 6.92 Å². The van der Waals surface area contributed by atoms with E-state index in [0.717, 1.165) is 0 Å². The minimum Gasteiger partial charge on any atom is -0.404 e. The smallest absolute Gasteiger partial charge is 0.404 e. The number of alkyl halides is 3. The third kappa shape index (κ3) is 4.48. The van der Waals surface area contributed by atoms with E-state index in [1.807, 2.05) is 0 Å². The van der Waals surface area contributed by atoms with Crippen molar-refractivity contribution in [3.05, 3.63) is 34.4 Å². The van der Waals surface area contributed by atoms with Crippen LogP contribution in [0.25, 0.3) is 0 Å². The van der Waals surface area contributed by atoms with Gasteiger partial charge in [0, 0.05) is 16.2 Å². The molecule has 0 spiro atoms. The highest BCUT2D eigenvalue weighted by Crippen LogP contribution is 2.34. The number of hydrogen-bond acceptors (Lipinski definition) is 5. The van der Waals surface area contributed by atoms with Crippen LogP contribution in [0.1, 0.15) is 5.69 Å². The number of ether oxygens (including phenoxy) is 1. The molecule has 2 rings (SSSR count). The van der Waals surface area contributed by atoms with Gasteiger partial charge in [0.2, 0.25) is 5.95 Å². The molecular weight excluding hydrogens is 353 g/mol. The summed E-state index contributed by atoms with van der Waals surface area (Å²) in [6, 6.07) is 5.75. The molecule has 0 bridgehead atoms. The molecule has 0 fully saturated rings. The molecule has 0 aliphatic rings. The van der Waals surface area contributed by atoms with Gasteiger partial charge in [0.05, 0.1) is 5.69 Å². The molecule has 0 aliphatic carbocycles. The molecule has 5 nitrogen and oxygen atoms in total. The number of anilines is 3. The Kier molecular flexibility index (Phi) is 4.21. The Hall–Kier alpha value is -2.03. The Morgan fingerprint density at radius 1 is 1.24 bits per heavy atom. The van der Waals surface area contributed by atoms with E-state index in [1.54, 1.807) is 19.1 Å². The highest BCUT2D eigenvalue weighted by molar-refractivity contribution is 9.10. The lowest BCUT2D eigenvalue weighted by atomic mass is 10.3. The van der Waals surface area contributed by atoms with Gasteiger partial charge in [0.15, 0.2) is 5.75 Å². The molecule has 0 radical (unpaired) electrons. The number of benzene rings is 1. The normalized spacial score (nSPS) is 11.3. The lowest BCUT2D eigenvalue weighted by molar-refractivity contribution is -0.274. The highest BCUT2D eigenvalue weighted by Gasteiger charge is 2.32. The van der Waals surface area contributed by atoms with Crippen LogP contribution in [0.2, 0.25) is 0 Å². The fraction of sp³-hybridized carbons (Fsp3) is 0.167. The number of nitrogens with zero attached hydrogens (tertiary/aromatic N) is 2. The van der Waals surface area contributed by atoms with E-state index in [1.165, 1.54) is 12.1 Å². The molecule has 0 amide bonds. The Bertz CT molecular complexity index is 643. The van der Waals surface area contributed by atoms with E-state index < -0.39 is 6.36 Å². The molecule has 0 atom stereocenters. The van der Waals surface area contributed by atoms with Crippen LogP contribution in [0.5, 0.6) is 5.75 Å². The summed E-state index contributed by atoms with van der Waals surface area (Å²) in [6.07, 6.45) is -4.79. The number of rotatable bonds is 3. The van der Waals surface area contributed by atoms with Gasteiger partial charge in [-0.25, -0.2) is 4.98 Å². The summed E-state index contributed by atoms with van der Waals surface area (Å²) in [5.74, 6) is -0.0889. The number of halogens is 4. The van der Waals surface area contributed by atoms with E-state index >= 15 is 0 Å². The van der Waals surface area contributed by atoms with Crippen molar-refractivity contribution in [3.8, 4) is 5.75 Å². The van der Waals surface area contributed by atoms with E-state index in [4.69, 9.17) is 5.73 Å². The number of aromatic nitrogens is 2. The SMILES string of the molecule is Cc1cc(Nc2ccc(Br)cc2OC(F)(F)F)nc(N)n1. The summed E-state index contributed by atoms with van der Waals surface area (Å²) < 4.78 is 41.7. The fourth-order valence-electron chi connectivity index (χ4n) is 1.60. The maximum absolute atomic E-state index is 12.4. The predicted octanol–water partition coefficient (Wildman–Crippen LogP) is 3.77. The van der Waals surface area contributed by atoms with E-state index in [2.05, 4.69) is 36.0 Å². The number of hydrogen-bond donors (Lipinski definition) is 2. The van der Waals surface area contributed by atoms with Crippen LogP contribution in [0.3, 0.4) is 0 Å².